The van der Waals surface area contributed by atoms with E-state index >= 15 is 0 Å². The molecule has 4 rings (SSSR count). The van der Waals surface area contributed by atoms with E-state index in [0.717, 1.165) is 61.4 Å². The number of rotatable bonds is 15. The lowest BCUT2D eigenvalue weighted by Crippen LogP contribution is -2.42. The zero-order chi connectivity index (χ0) is 27.8. The van der Waals surface area contributed by atoms with Crippen molar-refractivity contribution in [2.75, 3.05) is 6.54 Å². The number of para-hydroxylation sites is 1. The average molecular weight is 536 g/mol. The van der Waals surface area contributed by atoms with Gasteiger partial charge >= 0.3 is 5.69 Å². The number of nitrogens with two attached hydrogens (primary N) is 1. The van der Waals surface area contributed by atoms with Crippen LogP contribution in [0.25, 0.3) is 22.1 Å². The molecule has 4 aromatic rings. The first kappa shape index (κ1) is 28.4. The van der Waals surface area contributed by atoms with Gasteiger partial charge in [-0.05, 0) is 30.9 Å². The molecular formula is C29H41N7O3. The zero-order valence-electron chi connectivity index (χ0n) is 23.1. The second-order valence-corrected chi connectivity index (χ2v) is 10.5. The molecule has 39 heavy (non-hydrogen) atoms. The molecule has 0 aliphatic heterocycles. The van der Waals surface area contributed by atoms with Crippen LogP contribution in [0.5, 0.6) is 0 Å². The third-order valence-electron chi connectivity index (χ3n) is 7.51. The van der Waals surface area contributed by atoms with Crippen LogP contribution >= 0.6 is 0 Å². The van der Waals surface area contributed by atoms with Gasteiger partial charge in [0.15, 0.2) is 11.2 Å². The van der Waals surface area contributed by atoms with Crippen LogP contribution in [-0.4, -0.2) is 42.2 Å². The number of nitrogens with zero attached hydrogens (tertiary/aromatic N) is 4. The monoisotopic (exact) mass is 535 g/mol. The van der Waals surface area contributed by atoms with E-state index in [1.165, 1.54) is 22.0 Å². The third-order valence-corrected chi connectivity index (χ3v) is 7.51. The highest BCUT2D eigenvalue weighted by Gasteiger charge is 2.16. The van der Waals surface area contributed by atoms with Crippen molar-refractivity contribution in [2.45, 2.75) is 76.8 Å². The van der Waals surface area contributed by atoms with Gasteiger partial charge in [0.25, 0.3) is 5.56 Å². The van der Waals surface area contributed by atoms with Gasteiger partial charge < -0.3 is 20.6 Å². The minimum absolute atomic E-state index is 0.0966. The summed E-state index contributed by atoms with van der Waals surface area (Å²) in [5, 5.41) is 4.09. The molecule has 0 bridgehead atoms. The molecule has 3 aromatic heterocycles. The van der Waals surface area contributed by atoms with E-state index in [2.05, 4.69) is 15.3 Å². The van der Waals surface area contributed by atoms with Crippen LogP contribution in [0.1, 0.15) is 63.4 Å². The SMILES string of the molecule is Cn1cnc2c1c(=O)n(CCCCCCCCCCCNC(=O)C(N)Cc1c[nH]c3ccccc13)c(=O)n2C. The van der Waals surface area contributed by atoms with Gasteiger partial charge in [0.1, 0.15) is 0 Å². The highest BCUT2D eigenvalue weighted by molar-refractivity contribution is 5.86. The first-order valence-corrected chi connectivity index (χ1v) is 14.1. The van der Waals surface area contributed by atoms with Crippen molar-refractivity contribution in [2.24, 2.45) is 19.8 Å². The Morgan fingerprint density at radius 1 is 1.00 bits per heavy atom. The summed E-state index contributed by atoms with van der Waals surface area (Å²) < 4.78 is 4.45. The van der Waals surface area contributed by atoms with Crippen LogP contribution < -0.4 is 22.3 Å². The highest BCUT2D eigenvalue weighted by Crippen LogP contribution is 2.18. The van der Waals surface area contributed by atoms with Gasteiger partial charge in [-0.2, -0.15) is 0 Å². The first-order valence-electron chi connectivity index (χ1n) is 14.1. The molecule has 10 heteroatoms. The molecule has 1 aromatic carbocycles. The molecule has 210 valence electrons. The number of imidazole rings is 1. The molecular weight excluding hydrogens is 494 g/mol. The van der Waals surface area contributed by atoms with Crippen molar-refractivity contribution in [1.82, 2.24) is 29.0 Å². The number of aryl methyl sites for hydroxylation is 2. The van der Waals surface area contributed by atoms with E-state index in [0.29, 0.717) is 30.7 Å². The number of carbonyl (C=O) groups is 1. The molecule has 3 heterocycles. The van der Waals surface area contributed by atoms with Gasteiger partial charge in [-0.25, -0.2) is 9.78 Å². The summed E-state index contributed by atoms with van der Waals surface area (Å²) in [7, 11) is 3.42. The Morgan fingerprint density at radius 2 is 1.67 bits per heavy atom. The summed E-state index contributed by atoms with van der Waals surface area (Å²) in [5.74, 6) is -0.0966. The number of nitrogens with one attached hydrogen (secondary N) is 2. The number of benzene rings is 1. The Kier molecular flexibility index (Phi) is 9.75. The zero-order valence-corrected chi connectivity index (χ0v) is 23.1. The van der Waals surface area contributed by atoms with Gasteiger partial charge in [-0.3, -0.25) is 18.7 Å². The fourth-order valence-electron chi connectivity index (χ4n) is 5.20. The molecule has 0 saturated heterocycles. The first-order chi connectivity index (χ1) is 18.9. The molecule has 10 nitrogen and oxygen atoms in total. The summed E-state index contributed by atoms with van der Waals surface area (Å²) in [6, 6.07) is 7.48. The Labute approximate surface area is 228 Å². The van der Waals surface area contributed by atoms with Gasteiger partial charge in [0.05, 0.1) is 12.4 Å². The number of hydrogen-bond acceptors (Lipinski definition) is 5. The van der Waals surface area contributed by atoms with E-state index in [-0.39, 0.29) is 17.2 Å². The maximum absolute atomic E-state index is 12.7. The number of amides is 1. The molecule has 0 radical (unpaired) electrons. The molecule has 1 atom stereocenters. The predicted molar refractivity (Wildman–Crippen MR) is 155 cm³/mol. The lowest BCUT2D eigenvalue weighted by atomic mass is 10.0. The Morgan fingerprint density at radius 3 is 2.41 bits per heavy atom. The van der Waals surface area contributed by atoms with Crippen LogP contribution in [0.15, 0.2) is 46.4 Å². The lowest BCUT2D eigenvalue weighted by molar-refractivity contribution is -0.122. The summed E-state index contributed by atoms with van der Waals surface area (Å²) in [4.78, 5) is 45.1. The third kappa shape index (κ3) is 6.86. The molecule has 4 N–H and O–H groups in total. The van der Waals surface area contributed by atoms with Crippen molar-refractivity contribution >= 4 is 28.0 Å². The van der Waals surface area contributed by atoms with Crippen LogP contribution in [0.4, 0.5) is 0 Å². The van der Waals surface area contributed by atoms with Crippen LogP contribution in [0.2, 0.25) is 0 Å². The van der Waals surface area contributed by atoms with Crippen molar-refractivity contribution < 1.29 is 4.79 Å². The summed E-state index contributed by atoms with van der Waals surface area (Å²) in [6.45, 7) is 1.09. The smallest absolute Gasteiger partial charge is 0.332 e. The van der Waals surface area contributed by atoms with E-state index in [1.807, 2.05) is 30.5 Å². The minimum Gasteiger partial charge on any atom is -0.361 e. The Hall–Kier alpha value is -3.66. The number of aromatic nitrogens is 5. The van der Waals surface area contributed by atoms with Crippen molar-refractivity contribution in [1.29, 1.82) is 0 Å². The fourth-order valence-corrected chi connectivity index (χ4v) is 5.20. The second-order valence-electron chi connectivity index (χ2n) is 10.5. The number of hydrogen-bond donors (Lipinski definition) is 3. The molecule has 0 fully saturated rings. The Balaban J connectivity index is 1.03. The summed E-state index contributed by atoms with van der Waals surface area (Å²) in [6.07, 6.45) is 13.6. The predicted octanol–water partition coefficient (Wildman–Crippen LogP) is 3.11. The van der Waals surface area contributed by atoms with Crippen LogP contribution in [-0.2, 0) is 31.9 Å². The van der Waals surface area contributed by atoms with Crippen LogP contribution in [0, 0.1) is 0 Å². The van der Waals surface area contributed by atoms with Gasteiger partial charge in [-0.1, -0.05) is 63.1 Å². The van der Waals surface area contributed by atoms with E-state index < -0.39 is 6.04 Å². The van der Waals surface area contributed by atoms with Gasteiger partial charge in [-0.15, -0.1) is 0 Å². The van der Waals surface area contributed by atoms with E-state index in [1.54, 1.807) is 25.0 Å². The molecule has 0 saturated carbocycles. The topological polar surface area (TPSA) is 133 Å². The summed E-state index contributed by atoms with van der Waals surface area (Å²) >= 11 is 0. The highest BCUT2D eigenvalue weighted by atomic mass is 16.2. The maximum atomic E-state index is 12.7. The number of aromatic amines is 1. The standard InChI is InChI=1S/C29H41N7O3/c1-34-20-33-26-25(34)28(38)36(29(39)35(26)2)17-13-9-7-5-3-4-6-8-12-16-31-27(37)23(30)18-21-19-32-24-15-11-10-14-22(21)24/h10-11,14-15,19-20,23,32H,3-9,12-13,16-18,30H2,1-2H3,(H,31,37). The quantitative estimate of drug-likeness (QED) is 0.201. The number of carbonyl (C=O) groups excluding carboxylic acids is 1. The molecule has 0 aliphatic carbocycles. The number of H-pyrrole nitrogens is 1. The maximum Gasteiger partial charge on any atom is 0.332 e. The number of unbranched alkanes of at least 4 members (excludes halogenated alkanes) is 8. The second kappa shape index (κ2) is 13.4. The van der Waals surface area contributed by atoms with Crippen molar-refractivity contribution in [3.63, 3.8) is 0 Å². The normalized spacial score (nSPS) is 12.4. The molecule has 1 unspecified atom stereocenters. The lowest BCUT2D eigenvalue weighted by Gasteiger charge is -2.12. The van der Waals surface area contributed by atoms with Gasteiger partial charge in [0, 0.05) is 44.3 Å². The fraction of sp³-hybridized carbons (Fsp3) is 0.517. The van der Waals surface area contributed by atoms with Crippen LogP contribution in [0.3, 0.4) is 0 Å². The molecule has 0 spiro atoms. The van der Waals surface area contributed by atoms with E-state index in [9.17, 15) is 14.4 Å². The average Bonchev–Trinajstić information content (AvgIpc) is 3.53. The van der Waals surface area contributed by atoms with Gasteiger partial charge in [0.2, 0.25) is 5.91 Å². The van der Waals surface area contributed by atoms with E-state index in [4.69, 9.17) is 5.73 Å². The van der Waals surface area contributed by atoms with Crippen molar-refractivity contribution in [3.05, 3.63) is 63.2 Å². The van der Waals surface area contributed by atoms with Crippen molar-refractivity contribution in [3.8, 4) is 0 Å². The largest absolute Gasteiger partial charge is 0.361 e. The summed E-state index contributed by atoms with van der Waals surface area (Å²) in [5.41, 5.74) is 8.59. The minimum atomic E-state index is -0.552. The molecule has 1 amide bonds. The number of fused-ring (bicyclic) bond motifs is 2. The Bertz CT molecular complexity index is 1510. The molecule has 0 aliphatic rings.